The molecule has 0 aliphatic heterocycles. The number of hydrogen-bond acceptors (Lipinski definition) is 1. The van der Waals surface area contributed by atoms with E-state index in [0.29, 0.717) is 12.5 Å². The number of nitrogens with two attached hydrogens (primary N) is 1. The van der Waals surface area contributed by atoms with Gasteiger partial charge in [-0.3, -0.25) is 0 Å². The first-order valence-electron chi connectivity index (χ1n) is 2.80. The summed E-state index contributed by atoms with van der Waals surface area (Å²) in [6.07, 6.45) is 5.71. The van der Waals surface area contributed by atoms with Crippen LogP contribution in [0.3, 0.4) is 0 Å². The van der Waals surface area contributed by atoms with Gasteiger partial charge in [-0.2, -0.15) is 0 Å². The first kappa shape index (κ1) is 7.44. The molecule has 0 bridgehead atoms. The molecule has 0 fully saturated rings. The predicted octanol–water partition coefficient (Wildman–Crippen LogP) is 1.32. The summed E-state index contributed by atoms with van der Waals surface area (Å²) in [5.74, 6) is 0.480. The lowest BCUT2D eigenvalue weighted by Gasteiger charge is -1.96. The molecule has 0 heterocycles. The third-order valence-electron chi connectivity index (χ3n) is 0.948. The van der Waals surface area contributed by atoms with Crippen molar-refractivity contribution in [3.8, 4) is 0 Å². The van der Waals surface area contributed by atoms with Gasteiger partial charge in [0.15, 0.2) is 0 Å². The molecule has 0 aromatic carbocycles. The fraction of sp³-hybridized carbons (Fsp3) is 0.429. The van der Waals surface area contributed by atoms with Crippen molar-refractivity contribution in [2.24, 2.45) is 11.7 Å². The molecule has 0 aliphatic rings. The summed E-state index contributed by atoms with van der Waals surface area (Å²) >= 11 is 0. The van der Waals surface area contributed by atoms with Gasteiger partial charge in [-0.1, -0.05) is 31.7 Å². The number of hydrogen-bond donors (Lipinski definition) is 1. The molecule has 0 aromatic heterocycles. The molecule has 8 heavy (non-hydrogen) atoms. The van der Waals surface area contributed by atoms with Gasteiger partial charge in [0.05, 0.1) is 0 Å². The molecule has 0 saturated carbocycles. The minimum absolute atomic E-state index is 0.480. The molecule has 0 aliphatic carbocycles. The lowest BCUT2D eigenvalue weighted by atomic mass is 10.2. The summed E-state index contributed by atoms with van der Waals surface area (Å²) in [5.41, 5.74) is 5.33. The van der Waals surface area contributed by atoms with Crippen LogP contribution < -0.4 is 5.73 Å². The Morgan fingerprint density at radius 3 is 2.75 bits per heavy atom. The summed E-state index contributed by atoms with van der Waals surface area (Å²) in [6.45, 7) is 6.32. The molecule has 0 spiro atoms. The van der Waals surface area contributed by atoms with E-state index in [9.17, 15) is 0 Å². The van der Waals surface area contributed by atoms with E-state index >= 15 is 0 Å². The monoisotopic (exact) mass is 111 g/mol. The maximum atomic E-state index is 5.33. The van der Waals surface area contributed by atoms with Crippen molar-refractivity contribution in [3.05, 3.63) is 24.8 Å². The van der Waals surface area contributed by atoms with Crippen molar-refractivity contribution >= 4 is 0 Å². The third-order valence-corrected chi connectivity index (χ3v) is 0.948. The molecule has 2 N–H and O–H groups in total. The largest absolute Gasteiger partial charge is 0.330 e. The molecular formula is C7H13N. The minimum atomic E-state index is 0.480. The second-order valence-electron chi connectivity index (χ2n) is 1.83. The second kappa shape index (κ2) is 4.60. The maximum Gasteiger partial charge on any atom is -0.00167 e. The van der Waals surface area contributed by atoms with E-state index in [-0.39, 0.29) is 0 Å². The van der Waals surface area contributed by atoms with Gasteiger partial charge in [-0.25, -0.2) is 0 Å². The Kier molecular flexibility index (Phi) is 4.27. The summed E-state index contributed by atoms with van der Waals surface area (Å²) in [6, 6.07) is 0. The fourth-order valence-corrected chi connectivity index (χ4v) is 0.347. The normalized spacial score (nSPS) is 14.2. The van der Waals surface area contributed by atoms with Crippen LogP contribution >= 0.6 is 0 Å². The summed E-state index contributed by atoms with van der Waals surface area (Å²) in [4.78, 5) is 0. The molecule has 1 atom stereocenters. The van der Waals surface area contributed by atoms with E-state index in [0.717, 1.165) is 0 Å². The van der Waals surface area contributed by atoms with E-state index in [4.69, 9.17) is 5.73 Å². The highest BCUT2D eigenvalue weighted by atomic mass is 14.5. The van der Waals surface area contributed by atoms with Gasteiger partial charge < -0.3 is 5.73 Å². The Morgan fingerprint density at radius 1 is 1.75 bits per heavy atom. The third kappa shape index (κ3) is 3.62. The molecule has 0 amide bonds. The molecule has 1 nitrogen and oxygen atoms in total. The highest BCUT2D eigenvalue weighted by molar-refractivity contribution is 4.99. The van der Waals surface area contributed by atoms with Gasteiger partial charge in [-0.05, 0) is 12.5 Å². The van der Waals surface area contributed by atoms with E-state index in [1.54, 1.807) is 6.08 Å². The SMILES string of the molecule is C=C/C=C\C(C)CN. The van der Waals surface area contributed by atoms with Crippen molar-refractivity contribution in [1.82, 2.24) is 0 Å². The van der Waals surface area contributed by atoms with Gasteiger partial charge in [-0.15, -0.1) is 0 Å². The fourth-order valence-electron chi connectivity index (χ4n) is 0.347. The molecule has 0 saturated heterocycles. The van der Waals surface area contributed by atoms with Gasteiger partial charge >= 0.3 is 0 Å². The standard InChI is InChI=1S/C7H13N/c1-3-4-5-7(2)6-8/h3-5,7H,1,6,8H2,2H3/b5-4-. The first-order valence-corrected chi connectivity index (χ1v) is 2.80. The van der Waals surface area contributed by atoms with E-state index in [2.05, 4.69) is 13.5 Å². The van der Waals surface area contributed by atoms with Crippen LogP contribution in [0.15, 0.2) is 24.8 Å². The molecule has 46 valence electrons. The van der Waals surface area contributed by atoms with Crippen LogP contribution in [-0.2, 0) is 0 Å². The zero-order valence-corrected chi connectivity index (χ0v) is 5.30. The van der Waals surface area contributed by atoms with Crippen LogP contribution in [0, 0.1) is 5.92 Å². The highest BCUT2D eigenvalue weighted by Crippen LogP contribution is 1.91. The van der Waals surface area contributed by atoms with Crippen molar-refractivity contribution in [2.45, 2.75) is 6.92 Å². The Morgan fingerprint density at radius 2 is 2.38 bits per heavy atom. The Balaban J connectivity index is 3.35. The molecule has 0 radical (unpaired) electrons. The molecule has 0 rings (SSSR count). The zero-order valence-electron chi connectivity index (χ0n) is 5.30. The average molecular weight is 111 g/mol. The lowest BCUT2D eigenvalue weighted by Crippen LogP contribution is -2.07. The van der Waals surface area contributed by atoms with E-state index < -0.39 is 0 Å². The topological polar surface area (TPSA) is 26.0 Å². The van der Waals surface area contributed by atoms with Crippen molar-refractivity contribution in [1.29, 1.82) is 0 Å². The molecule has 0 aromatic rings. The van der Waals surface area contributed by atoms with Gasteiger partial charge in [0, 0.05) is 0 Å². The van der Waals surface area contributed by atoms with Crippen molar-refractivity contribution < 1.29 is 0 Å². The number of allylic oxidation sites excluding steroid dienone is 2. The lowest BCUT2D eigenvalue weighted by molar-refractivity contribution is 0.740. The van der Waals surface area contributed by atoms with Crippen molar-refractivity contribution in [2.75, 3.05) is 6.54 Å². The smallest absolute Gasteiger partial charge is 0.00167 e. The quantitative estimate of drug-likeness (QED) is 0.546. The van der Waals surface area contributed by atoms with Crippen LogP contribution in [0.1, 0.15) is 6.92 Å². The van der Waals surface area contributed by atoms with Gasteiger partial charge in [0.1, 0.15) is 0 Å². The number of rotatable bonds is 3. The average Bonchev–Trinajstić information content (AvgIpc) is 1.83. The van der Waals surface area contributed by atoms with E-state index in [1.807, 2.05) is 12.2 Å². The summed E-state index contributed by atoms with van der Waals surface area (Å²) in [5, 5.41) is 0. The van der Waals surface area contributed by atoms with Gasteiger partial charge in [0.2, 0.25) is 0 Å². The van der Waals surface area contributed by atoms with E-state index in [1.165, 1.54) is 0 Å². The van der Waals surface area contributed by atoms with Crippen molar-refractivity contribution in [3.63, 3.8) is 0 Å². The predicted molar refractivity (Wildman–Crippen MR) is 37.6 cm³/mol. The van der Waals surface area contributed by atoms with Crippen LogP contribution in [-0.4, -0.2) is 6.54 Å². The maximum absolute atomic E-state index is 5.33. The van der Waals surface area contributed by atoms with Crippen LogP contribution in [0.25, 0.3) is 0 Å². The Hall–Kier alpha value is -0.560. The minimum Gasteiger partial charge on any atom is -0.330 e. The Bertz CT molecular complexity index is 84.4. The highest BCUT2D eigenvalue weighted by Gasteiger charge is 1.86. The van der Waals surface area contributed by atoms with Crippen LogP contribution in [0.5, 0.6) is 0 Å². The molecule has 1 unspecified atom stereocenters. The Labute approximate surface area is 50.9 Å². The second-order valence-corrected chi connectivity index (χ2v) is 1.83. The molecular weight excluding hydrogens is 98.1 g/mol. The molecule has 1 heteroatoms. The van der Waals surface area contributed by atoms with Crippen LogP contribution in [0.4, 0.5) is 0 Å². The summed E-state index contributed by atoms with van der Waals surface area (Å²) in [7, 11) is 0. The summed E-state index contributed by atoms with van der Waals surface area (Å²) < 4.78 is 0. The first-order chi connectivity index (χ1) is 3.81. The van der Waals surface area contributed by atoms with Gasteiger partial charge in [0.25, 0.3) is 0 Å². The van der Waals surface area contributed by atoms with Crippen LogP contribution in [0.2, 0.25) is 0 Å². The zero-order chi connectivity index (χ0) is 6.41.